The molecule has 18 heavy (non-hydrogen) atoms. The van der Waals surface area contributed by atoms with Gasteiger partial charge in [0.25, 0.3) is 5.56 Å². The third kappa shape index (κ3) is 5.41. The van der Waals surface area contributed by atoms with Crippen LogP contribution in [0.4, 0.5) is 0 Å². The molecule has 0 bridgehead atoms. The van der Waals surface area contributed by atoms with Crippen LogP contribution >= 0.6 is 22.4 Å². The second-order valence-corrected chi connectivity index (χ2v) is 8.16. The van der Waals surface area contributed by atoms with Crippen LogP contribution < -0.4 is 5.56 Å². The molecule has 0 radical (unpaired) electrons. The van der Waals surface area contributed by atoms with Gasteiger partial charge < -0.3 is 4.57 Å². The number of hydrogen-bond acceptors (Lipinski definition) is 5. The van der Waals surface area contributed by atoms with Crippen LogP contribution in [0.3, 0.4) is 0 Å². The normalized spacial score (nSPS) is 12.0. The lowest BCUT2D eigenvalue weighted by Gasteiger charge is -2.09. The minimum atomic E-state index is -3.52. The summed E-state index contributed by atoms with van der Waals surface area (Å²) in [5.41, 5.74) is -0.192. The minimum Gasteiger partial charge on any atom is -0.311 e. The van der Waals surface area contributed by atoms with Gasteiger partial charge >= 0.3 is 0 Å². The molecule has 0 saturated heterocycles. The number of nitrogens with zero attached hydrogens (tertiary/aromatic N) is 2. The largest absolute Gasteiger partial charge is 0.311 e. The van der Waals surface area contributed by atoms with Crippen molar-refractivity contribution < 1.29 is 8.42 Å². The van der Waals surface area contributed by atoms with Crippen LogP contribution in [0.2, 0.25) is 0 Å². The molecule has 5 nitrogen and oxygen atoms in total. The van der Waals surface area contributed by atoms with Gasteiger partial charge in [0.2, 0.25) is 9.05 Å². The molecular weight excluding hydrogens is 296 g/mol. The highest BCUT2D eigenvalue weighted by atomic mass is 35.7. The molecular formula is C10H15ClN2O3S2. The molecule has 0 atom stereocenters. The van der Waals surface area contributed by atoms with E-state index >= 15 is 0 Å². The number of thioether (sulfide) groups is 1. The van der Waals surface area contributed by atoms with E-state index in [2.05, 4.69) is 4.98 Å². The summed E-state index contributed by atoms with van der Waals surface area (Å²) in [7, 11) is 1.57. The number of rotatable bonds is 6. The Hall–Kier alpha value is -0.530. The van der Waals surface area contributed by atoms with Gasteiger partial charge in [0, 0.05) is 35.4 Å². The van der Waals surface area contributed by atoms with Gasteiger partial charge in [-0.15, -0.1) is 0 Å². The molecule has 0 spiro atoms. The average molecular weight is 311 g/mol. The molecule has 0 amide bonds. The third-order valence-electron chi connectivity index (χ3n) is 2.01. The average Bonchev–Trinajstić information content (AvgIpc) is 2.21. The zero-order valence-electron chi connectivity index (χ0n) is 10.2. The molecule has 8 heteroatoms. The first-order valence-electron chi connectivity index (χ1n) is 5.40. The van der Waals surface area contributed by atoms with Gasteiger partial charge in [0.05, 0.1) is 5.75 Å². The Morgan fingerprint density at radius 1 is 1.50 bits per heavy atom. The highest BCUT2D eigenvalue weighted by Gasteiger charge is 2.10. The van der Waals surface area contributed by atoms with Gasteiger partial charge in [0.1, 0.15) is 0 Å². The molecule has 1 aromatic rings. The van der Waals surface area contributed by atoms with E-state index in [1.54, 1.807) is 17.0 Å². The van der Waals surface area contributed by atoms with E-state index < -0.39 is 9.05 Å². The smallest absolute Gasteiger partial charge is 0.283 e. The highest BCUT2D eigenvalue weighted by Crippen LogP contribution is 2.12. The lowest BCUT2D eigenvalue weighted by Crippen LogP contribution is -2.24. The second kappa shape index (κ2) is 6.58. The van der Waals surface area contributed by atoms with E-state index in [-0.39, 0.29) is 17.1 Å². The summed E-state index contributed by atoms with van der Waals surface area (Å²) in [4.78, 5) is 15.9. The van der Waals surface area contributed by atoms with Crippen molar-refractivity contribution in [1.82, 2.24) is 9.55 Å². The molecule has 1 aromatic heterocycles. The summed E-state index contributed by atoms with van der Waals surface area (Å²) in [5, 5.41) is 0.304. The van der Waals surface area contributed by atoms with Gasteiger partial charge in [-0.05, 0) is 5.92 Å². The Morgan fingerprint density at radius 3 is 2.72 bits per heavy atom. The fraction of sp³-hybridized carbons (Fsp3) is 0.600. The maximum absolute atomic E-state index is 12.0. The Kier molecular flexibility index (Phi) is 5.68. The van der Waals surface area contributed by atoms with E-state index in [0.29, 0.717) is 17.5 Å². The van der Waals surface area contributed by atoms with E-state index in [1.807, 2.05) is 13.8 Å². The van der Waals surface area contributed by atoms with Crippen LogP contribution in [-0.4, -0.2) is 29.5 Å². The predicted octanol–water partition coefficient (Wildman–Crippen LogP) is 1.56. The molecule has 0 fully saturated rings. The molecule has 0 N–H and O–H groups in total. The van der Waals surface area contributed by atoms with Gasteiger partial charge in [0.15, 0.2) is 5.03 Å². The van der Waals surface area contributed by atoms with Crippen LogP contribution in [0.1, 0.15) is 13.8 Å². The Morgan fingerprint density at radius 2 is 2.17 bits per heavy atom. The molecule has 0 saturated carbocycles. The van der Waals surface area contributed by atoms with E-state index in [0.717, 1.165) is 11.8 Å². The quantitative estimate of drug-likeness (QED) is 0.589. The molecule has 1 heterocycles. The zero-order chi connectivity index (χ0) is 13.8. The van der Waals surface area contributed by atoms with Crippen molar-refractivity contribution in [2.75, 3.05) is 11.5 Å². The SMILES string of the molecule is CC(C)Cn1ccnc(SCCS(=O)(=O)Cl)c1=O. The second-order valence-electron chi connectivity index (χ2n) is 4.18. The highest BCUT2D eigenvalue weighted by molar-refractivity contribution is 8.14. The topological polar surface area (TPSA) is 69.0 Å². The van der Waals surface area contributed by atoms with Crippen LogP contribution in [0.15, 0.2) is 22.2 Å². The first kappa shape index (κ1) is 15.5. The molecule has 0 aliphatic carbocycles. The van der Waals surface area contributed by atoms with Crippen LogP contribution in [0.25, 0.3) is 0 Å². The number of hydrogen-bond donors (Lipinski definition) is 0. The molecule has 102 valence electrons. The Balaban J connectivity index is 2.75. The first-order chi connectivity index (χ1) is 8.29. The third-order valence-corrected chi connectivity index (χ3v) is 4.38. The van der Waals surface area contributed by atoms with Crippen molar-refractivity contribution in [3.05, 3.63) is 22.7 Å². The number of halogens is 1. The van der Waals surface area contributed by atoms with Gasteiger partial charge in [-0.1, -0.05) is 25.6 Å². The fourth-order valence-electron chi connectivity index (χ4n) is 1.30. The van der Waals surface area contributed by atoms with E-state index in [1.165, 1.54) is 0 Å². The van der Waals surface area contributed by atoms with Crippen molar-refractivity contribution in [2.45, 2.75) is 25.4 Å². The Labute approximate surface area is 115 Å². The first-order valence-corrected chi connectivity index (χ1v) is 8.86. The standard InChI is InChI=1S/C10H15ClN2O3S2/c1-8(2)7-13-4-3-12-9(10(13)14)17-5-6-18(11,15)16/h3-4,8H,5-7H2,1-2H3. The maximum Gasteiger partial charge on any atom is 0.283 e. The summed E-state index contributed by atoms with van der Waals surface area (Å²) in [5.74, 6) is 0.394. The number of aromatic nitrogens is 2. The lowest BCUT2D eigenvalue weighted by molar-refractivity contribution is 0.502. The molecule has 0 aliphatic heterocycles. The van der Waals surface area contributed by atoms with Gasteiger partial charge in [-0.25, -0.2) is 13.4 Å². The summed E-state index contributed by atoms with van der Waals surface area (Å²) in [6.07, 6.45) is 3.17. The summed E-state index contributed by atoms with van der Waals surface area (Å²) < 4.78 is 23.1. The molecule has 0 aliphatic rings. The van der Waals surface area contributed by atoms with Crippen molar-refractivity contribution in [3.63, 3.8) is 0 Å². The van der Waals surface area contributed by atoms with Crippen molar-refractivity contribution in [2.24, 2.45) is 5.92 Å². The van der Waals surface area contributed by atoms with Crippen LogP contribution in [0.5, 0.6) is 0 Å². The monoisotopic (exact) mass is 310 g/mol. The molecule has 0 aromatic carbocycles. The predicted molar refractivity (Wildman–Crippen MR) is 73.7 cm³/mol. The van der Waals surface area contributed by atoms with Crippen molar-refractivity contribution >= 4 is 31.5 Å². The summed E-state index contributed by atoms with van der Waals surface area (Å²) >= 11 is 1.11. The zero-order valence-corrected chi connectivity index (χ0v) is 12.6. The van der Waals surface area contributed by atoms with Crippen molar-refractivity contribution in [1.29, 1.82) is 0 Å². The van der Waals surface area contributed by atoms with E-state index in [4.69, 9.17) is 10.7 Å². The fourth-order valence-corrected chi connectivity index (χ4v) is 3.57. The van der Waals surface area contributed by atoms with Crippen molar-refractivity contribution in [3.8, 4) is 0 Å². The molecule has 1 rings (SSSR count). The minimum absolute atomic E-state index is 0.181. The van der Waals surface area contributed by atoms with Gasteiger partial charge in [-0.3, -0.25) is 4.79 Å². The van der Waals surface area contributed by atoms with Gasteiger partial charge in [-0.2, -0.15) is 0 Å². The van der Waals surface area contributed by atoms with Crippen LogP contribution in [0, 0.1) is 5.92 Å². The summed E-state index contributed by atoms with van der Waals surface area (Å²) in [6.45, 7) is 4.64. The lowest BCUT2D eigenvalue weighted by atomic mass is 10.2. The molecule has 0 unspecified atom stereocenters. The summed E-state index contributed by atoms with van der Waals surface area (Å²) in [6, 6.07) is 0. The maximum atomic E-state index is 12.0. The van der Waals surface area contributed by atoms with E-state index in [9.17, 15) is 13.2 Å². The Bertz CT molecular complexity index is 554. The van der Waals surface area contributed by atoms with Crippen LogP contribution in [-0.2, 0) is 15.6 Å².